The van der Waals surface area contributed by atoms with Gasteiger partial charge in [-0.3, -0.25) is 4.79 Å². The molecule has 2 fully saturated rings. The monoisotopic (exact) mass is 254 g/mol. The molecule has 1 aliphatic carbocycles. The summed E-state index contributed by atoms with van der Waals surface area (Å²) in [6.45, 7) is 2.67. The molecule has 1 saturated heterocycles. The van der Waals surface area contributed by atoms with Crippen molar-refractivity contribution in [3.8, 4) is 0 Å². The number of rotatable bonds is 5. The molecule has 18 heavy (non-hydrogen) atoms. The first-order valence-corrected chi connectivity index (χ1v) is 7.30. The summed E-state index contributed by atoms with van der Waals surface area (Å²) in [4.78, 5) is 12.2. The normalized spacial score (nSPS) is 32.9. The van der Waals surface area contributed by atoms with Gasteiger partial charge in [-0.15, -0.1) is 0 Å². The second-order valence-corrected chi connectivity index (χ2v) is 5.68. The molecule has 4 unspecified atom stereocenters. The molecule has 0 aromatic rings. The zero-order valence-corrected chi connectivity index (χ0v) is 11.6. The van der Waals surface area contributed by atoms with E-state index in [1.165, 1.54) is 25.7 Å². The maximum Gasteiger partial charge on any atom is 0.237 e. The Bertz CT molecular complexity index is 269. The van der Waals surface area contributed by atoms with Crippen molar-refractivity contribution >= 4 is 5.91 Å². The Balaban J connectivity index is 1.82. The van der Waals surface area contributed by atoms with Crippen LogP contribution in [-0.2, 0) is 9.53 Å². The average molecular weight is 254 g/mol. The third kappa shape index (κ3) is 3.23. The van der Waals surface area contributed by atoms with Crippen LogP contribution in [-0.4, -0.2) is 37.7 Å². The fraction of sp³-hybridized carbons (Fsp3) is 0.929. The molecular formula is C14H26N2O2. The summed E-state index contributed by atoms with van der Waals surface area (Å²) < 4.78 is 5.12. The molecule has 0 radical (unpaired) electrons. The Hall–Kier alpha value is -0.610. The summed E-state index contributed by atoms with van der Waals surface area (Å²) in [7, 11) is 1.68. The van der Waals surface area contributed by atoms with Crippen LogP contribution in [0.2, 0.25) is 0 Å². The highest BCUT2D eigenvalue weighted by Gasteiger charge is 2.38. The first-order chi connectivity index (χ1) is 8.74. The van der Waals surface area contributed by atoms with Gasteiger partial charge in [-0.2, -0.15) is 0 Å². The first-order valence-electron chi connectivity index (χ1n) is 7.30. The molecule has 4 heteroatoms. The molecule has 104 valence electrons. The predicted molar refractivity (Wildman–Crippen MR) is 71.4 cm³/mol. The molecule has 1 saturated carbocycles. The van der Waals surface area contributed by atoms with Gasteiger partial charge in [-0.25, -0.2) is 0 Å². The van der Waals surface area contributed by atoms with Crippen molar-refractivity contribution in [2.45, 2.75) is 63.6 Å². The highest BCUT2D eigenvalue weighted by atomic mass is 16.5. The number of hydrogen-bond donors (Lipinski definition) is 2. The summed E-state index contributed by atoms with van der Waals surface area (Å²) in [5.74, 6) is 0.880. The summed E-state index contributed by atoms with van der Waals surface area (Å²) >= 11 is 0. The van der Waals surface area contributed by atoms with Crippen LogP contribution in [0.3, 0.4) is 0 Å². The van der Waals surface area contributed by atoms with Gasteiger partial charge in [-0.1, -0.05) is 19.8 Å². The van der Waals surface area contributed by atoms with E-state index < -0.39 is 0 Å². The molecule has 0 aromatic carbocycles. The Morgan fingerprint density at radius 1 is 1.44 bits per heavy atom. The van der Waals surface area contributed by atoms with Crippen molar-refractivity contribution < 1.29 is 9.53 Å². The fourth-order valence-corrected chi connectivity index (χ4v) is 3.29. The van der Waals surface area contributed by atoms with Crippen LogP contribution < -0.4 is 10.6 Å². The van der Waals surface area contributed by atoms with Crippen LogP contribution in [0.4, 0.5) is 0 Å². The lowest BCUT2D eigenvalue weighted by Crippen LogP contribution is -2.47. The quantitative estimate of drug-likeness (QED) is 0.780. The van der Waals surface area contributed by atoms with Gasteiger partial charge in [0.1, 0.15) is 0 Å². The van der Waals surface area contributed by atoms with Crippen LogP contribution in [0.15, 0.2) is 0 Å². The number of fused-ring (bicyclic) bond motifs is 1. The highest BCUT2D eigenvalue weighted by Crippen LogP contribution is 2.33. The Morgan fingerprint density at radius 3 is 2.89 bits per heavy atom. The highest BCUT2D eigenvalue weighted by molar-refractivity contribution is 5.82. The molecule has 4 atom stereocenters. The zero-order chi connectivity index (χ0) is 13.0. The van der Waals surface area contributed by atoms with Crippen LogP contribution >= 0.6 is 0 Å². The van der Waals surface area contributed by atoms with E-state index in [2.05, 4.69) is 17.6 Å². The van der Waals surface area contributed by atoms with E-state index in [4.69, 9.17) is 4.74 Å². The number of methoxy groups -OCH3 is 1. The van der Waals surface area contributed by atoms with Gasteiger partial charge < -0.3 is 15.4 Å². The number of carbonyl (C=O) groups excluding carboxylic acids is 1. The molecule has 0 spiro atoms. The Labute approximate surface area is 110 Å². The van der Waals surface area contributed by atoms with Crippen LogP contribution in [0.5, 0.6) is 0 Å². The molecule has 2 N–H and O–H groups in total. The minimum Gasteiger partial charge on any atom is -0.383 e. The van der Waals surface area contributed by atoms with E-state index in [1.54, 1.807) is 7.11 Å². The van der Waals surface area contributed by atoms with E-state index in [9.17, 15) is 4.79 Å². The second kappa shape index (κ2) is 6.53. The van der Waals surface area contributed by atoms with Gasteiger partial charge in [0.25, 0.3) is 0 Å². The summed E-state index contributed by atoms with van der Waals surface area (Å²) in [5.41, 5.74) is 0. The molecule has 2 aliphatic rings. The Kier molecular flexibility index (Phi) is 5.01. The van der Waals surface area contributed by atoms with Crippen molar-refractivity contribution in [3.63, 3.8) is 0 Å². The summed E-state index contributed by atoms with van der Waals surface area (Å²) in [6, 6.07) is 0.743. The minimum absolute atomic E-state index is 0.0176. The SMILES string of the molecule is CCC(COC)NC(=O)C1CC2CCCCC2N1. The lowest BCUT2D eigenvalue weighted by atomic mass is 9.85. The molecule has 1 amide bonds. The van der Waals surface area contributed by atoms with Gasteiger partial charge in [0.05, 0.1) is 18.7 Å². The molecule has 1 aliphatic heterocycles. The van der Waals surface area contributed by atoms with E-state index in [0.29, 0.717) is 12.6 Å². The summed E-state index contributed by atoms with van der Waals surface area (Å²) in [5, 5.41) is 6.60. The third-order valence-electron chi connectivity index (χ3n) is 4.39. The van der Waals surface area contributed by atoms with Crippen LogP contribution in [0, 0.1) is 5.92 Å². The fourth-order valence-electron chi connectivity index (χ4n) is 3.29. The third-order valence-corrected chi connectivity index (χ3v) is 4.39. The van der Waals surface area contributed by atoms with Crippen molar-refractivity contribution in [1.29, 1.82) is 0 Å². The Morgan fingerprint density at radius 2 is 2.22 bits per heavy atom. The molecule has 4 nitrogen and oxygen atoms in total. The van der Waals surface area contributed by atoms with E-state index in [1.807, 2.05) is 0 Å². The molecule has 2 rings (SSSR count). The average Bonchev–Trinajstić information content (AvgIpc) is 2.82. The number of carbonyl (C=O) groups is 1. The predicted octanol–water partition coefficient (Wildman–Crippen LogP) is 1.45. The zero-order valence-electron chi connectivity index (χ0n) is 11.6. The van der Waals surface area contributed by atoms with Gasteiger partial charge in [0.15, 0.2) is 0 Å². The van der Waals surface area contributed by atoms with Crippen molar-refractivity contribution in [3.05, 3.63) is 0 Å². The number of amides is 1. The van der Waals surface area contributed by atoms with Crippen LogP contribution in [0.25, 0.3) is 0 Å². The lowest BCUT2D eigenvalue weighted by Gasteiger charge is -2.24. The number of nitrogens with one attached hydrogen (secondary N) is 2. The van der Waals surface area contributed by atoms with E-state index in [0.717, 1.165) is 18.8 Å². The molecule has 0 bridgehead atoms. The topological polar surface area (TPSA) is 50.4 Å². The summed E-state index contributed by atoms with van der Waals surface area (Å²) in [6.07, 6.45) is 7.10. The lowest BCUT2D eigenvalue weighted by molar-refractivity contribution is -0.124. The van der Waals surface area contributed by atoms with Gasteiger partial charge in [-0.05, 0) is 31.6 Å². The minimum atomic E-state index is 0.0176. The smallest absolute Gasteiger partial charge is 0.237 e. The number of ether oxygens (including phenoxy) is 1. The van der Waals surface area contributed by atoms with Gasteiger partial charge >= 0.3 is 0 Å². The van der Waals surface area contributed by atoms with Gasteiger partial charge in [0.2, 0.25) is 5.91 Å². The second-order valence-electron chi connectivity index (χ2n) is 5.68. The van der Waals surface area contributed by atoms with Gasteiger partial charge in [0, 0.05) is 13.2 Å². The van der Waals surface area contributed by atoms with Crippen molar-refractivity contribution in [2.24, 2.45) is 5.92 Å². The van der Waals surface area contributed by atoms with Crippen LogP contribution in [0.1, 0.15) is 45.4 Å². The largest absolute Gasteiger partial charge is 0.383 e. The molecule has 0 aromatic heterocycles. The molecule has 1 heterocycles. The molecular weight excluding hydrogens is 228 g/mol. The first kappa shape index (κ1) is 13.8. The van der Waals surface area contributed by atoms with Crippen molar-refractivity contribution in [1.82, 2.24) is 10.6 Å². The standard InChI is InChI=1S/C14H26N2O2/c1-3-11(9-18-2)15-14(17)13-8-10-6-4-5-7-12(10)16-13/h10-13,16H,3-9H2,1-2H3,(H,15,17). The van der Waals surface area contributed by atoms with Crippen molar-refractivity contribution in [2.75, 3.05) is 13.7 Å². The maximum absolute atomic E-state index is 12.2. The van der Waals surface area contributed by atoms with E-state index in [-0.39, 0.29) is 18.0 Å². The van der Waals surface area contributed by atoms with E-state index >= 15 is 0 Å². The maximum atomic E-state index is 12.2. The number of hydrogen-bond acceptors (Lipinski definition) is 3.